The van der Waals surface area contributed by atoms with Gasteiger partial charge in [0, 0.05) is 34.5 Å². The van der Waals surface area contributed by atoms with Crippen LogP contribution in [0.15, 0.2) is 79.0 Å². The molecule has 0 fully saturated rings. The average molecular weight is 868 g/mol. The molecule has 3 aromatic heterocycles. The molecule has 6 heteroatoms. The third kappa shape index (κ3) is 7.00. The van der Waals surface area contributed by atoms with Crippen molar-refractivity contribution in [2.45, 2.75) is 93.4 Å². The van der Waals surface area contributed by atoms with Crippen molar-refractivity contribution in [1.82, 2.24) is 19.3 Å². The summed E-state index contributed by atoms with van der Waals surface area (Å²) in [5.41, 5.74) is 14.0. The monoisotopic (exact) mass is 867 g/mol. The predicted octanol–water partition coefficient (Wildman–Crippen LogP) is 12.2. The van der Waals surface area contributed by atoms with E-state index in [-0.39, 0.29) is 27.0 Å². The summed E-state index contributed by atoms with van der Waals surface area (Å²) in [6.07, 6.45) is 5.01. The van der Waals surface area contributed by atoms with Crippen LogP contribution < -0.4 is 4.74 Å². The van der Waals surface area contributed by atoms with E-state index in [0.29, 0.717) is 17.4 Å². The van der Waals surface area contributed by atoms with E-state index in [1.54, 1.807) is 0 Å². The Bertz CT molecular complexity index is 2370. The van der Waals surface area contributed by atoms with E-state index >= 15 is 0 Å². The number of rotatable bonds is 10. The minimum Gasteiger partial charge on any atom is -0.509 e. The molecular formula is C46H48N4OPt. The van der Waals surface area contributed by atoms with Crippen molar-refractivity contribution < 1.29 is 25.8 Å². The van der Waals surface area contributed by atoms with Crippen LogP contribution in [0.2, 0.25) is 0 Å². The minimum absolute atomic E-state index is 0. The molecule has 0 aliphatic carbocycles. The molecule has 0 aliphatic rings. The van der Waals surface area contributed by atoms with Crippen LogP contribution >= 0.6 is 0 Å². The molecule has 3 heterocycles. The maximum Gasteiger partial charge on any atom is 2.00 e. The molecule has 0 bridgehead atoms. The van der Waals surface area contributed by atoms with E-state index in [9.17, 15) is 0 Å². The fourth-order valence-electron chi connectivity index (χ4n) is 7.51. The first kappa shape index (κ1) is 37.3. The Balaban J connectivity index is 0.00000464. The summed E-state index contributed by atoms with van der Waals surface area (Å²) in [5, 5.41) is 7.47. The summed E-state index contributed by atoms with van der Waals surface area (Å²) < 4.78 is 11.0. The molecule has 7 aromatic rings. The van der Waals surface area contributed by atoms with Crippen LogP contribution in [-0.2, 0) is 27.5 Å². The van der Waals surface area contributed by atoms with Crippen LogP contribution in [0.4, 0.5) is 0 Å². The van der Waals surface area contributed by atoms with Gasteiger partial charge in [-0.1, -0.05) is 82.5 Å². The van der Waals surface area contributed by atoms with Crippen molar-refractivity contribution in [2.24, 2.45) is 0 Å². The van der Waals surface area contributed by atoms with Gasteiger partial charge in [-0.25, -0.2) is 4.98 Å². The van der Waals surface area contributed by atoms with Crippen molar-refractivity contribution >= 4 is 21.8 Å². The van der Waals surface area contributed by atoms with E-state index in [1.807, 2.05) is 12.3 Å². The largest absolute Gasteiger partial charge is 2.00 e. The number of hydrogen-bond donors (Lipinski definition) is 0. The first-order chi connectivity index (χ1) is 24.5. The Kier molecular flexibility index (Phi) is 10.9. The number of unbranched alkanes of at least 4 members (excludes halogenated alkanes) is 1. The van der Waals surface area contributed by atoms with Gasteiger partial charge >= 0.3 is 21.1 Å². The van der Waals surface area contributed by atoms with Gasteiger partial charge in [-0.2, -0.15) is 11.2 Å². The van der Waals surface area contributed by atoms with E-state index < -0.39 is 0 Å². The van der Waals surface area contributed by atoms with Crippen LogP contribution in [0, 0.1) is 39.8 Å². The van der Waals surface area contributed by atoms with Crippen LogP contribution in [0.1, 0.15) is 98.5 Å². The number of aromatic nitrogens is 4. The number of hydrogen-bond acceptors (Lipinski definition) is 3. The maximum absolute atomic E-state index is 6.70. The second-order valence-corrected chi connectivity index (χ2v) is 14.7. The minimum atomic E-state index is 0. The number of nitrogens with zero attached hydrogens (tertiary/aromatic N) is 4. The Hall–Kier alpha value is -4.47. The van der Waals surface area contributed by atoms with Crippen molar-refractivity contribution in [1.29, 1.82) is 0 Å². The molecule has 0 amide bonds. The summed E-state index contributed by atoms with van der Waals surface area (Å²) >= 11 is 0. The smallest absolute Gasteiger partial charge is 0.509 e. The molecule has 5 nitrogen and oxygen atoms in total. The Morgan fingerprint density at radius 2 is 1.48 bits per heavy atom. The normalized spacial score (nSPS) is 11.6. The predicted molar refractivity (Wildman–Crippen MR) is 211 cm³/mol. The van der Waals surface area contributed by atoms with E-state index in [1.165, 1.54) is 44.6 Å². The third-order valence-electron chi connectivity index (χ3n) is 10.0. The van der Waals surface area contributed by atoms with Crippen LogP contribution in [0.3, 0.4) is 0 Å². The van der Waals surface area contributed by atoms with Gasteiger partial charge in [-0.3, -0.25) is 4.68 Å². The number of ether oxygens (including phenoxy) is 1. The summed E-state index contributed by atoms with van der Waals surface area (Å²) in [6.45, 7) is 19.8. The first-order valence-corrected chi connectivity index (χ1v) is 18.4. The van der Waals surface area contributed by atoms with Crippen molar-refractivity contribution in [3.8, 4) is 34.1 Å². The Morgan fingerprint density at radius 1 is 0.750 bits per heavy atom. The van der Waals surface area contributed by atoms with Crippen LogP contribution in [0.5, 0.6) is 11.5 Å². The molecular weight excluding hydrogens is 820 g/mol. The Labute approximate surface area is 323 Å². The van der Waals surface area contributed by atoms with Gasteiger partial charge in [0.2, 0.25) is 0 Å². The standard InChI is InChI=1S/C46H48N4O.Pt/c1-10-11-15-42-46(45-31(7)21-30(6)22-32(45)8)33(9)48-50(42)36-23-35(29(4)5)24-38(26-36)51-37-17-18-40-39-14-12-13-16-41(39)49(43(40)27-37)44-25-34(28(2)3)19-20-47-44;/h12-14,16-25,28-29H,10-11,15H2,1-9H3;/q-2;+2. The van der Waals surface area contributed by atoms with Gasteiger partial charge in [-0.05, 0) is 104 Å². The number of benzene rings is 4. The molecule has 52 heavy (non-hydrogen) atoms. The van der Waals surface area contributed by atoms with Crippen molar-refractivity contribution in [2.75, 3.05) is 0 Å². The van der Waals surface area contributed by atoms with E-state index in [2.05, 4.69) is 150 Å². The van der Waals surface area contributed by atoms with Crippen molar-refractivity contribution in [3.63, 3.8) is 0 Å². The van der Waals surface area contributed by atoms with E-state index in [0.717, 1.165) is 58.3 Å². The SMILES string of the molecule is CCCCc1c(-c2c(C)cc(C)cc2C)c(C)nn1-c1[c-]c(Oc2[c-]c3c(cc2)c2ccccc2n3-c2cc(C(C)C)ccn2)cc(C(C)C)c1.[Pt+2]. The number of para-hydroxylation sites is 1. The molecule has 7 rings (SSSR count). The number of aryl methyl sites for hydroxylation is 4. The summed E-state index contributed by atoms with van der Waals surface area (Å²) in [4.78, 5) is 4.82. The van der Waals surface area contributed by atoms with Gasteiger partial charge in [0.1, 0.15) is 5.82 Å². The second-order valence-electron chi connectivity index (χ2n) is 14.7. The second kappa shape index (κ2) is 15.2. The zero-order valence-electron chi connectivity index (χ0n) is 31.8. The average Bonchev–Trinajstić information content (AvgIpc) is 3.60. The summed E-state index contributed by atoms with van der Waals surface area (Å²) in [7, 11) is 0. The molecule has 0 radical (unpaired) electrons. The zero-order chi connectivity index (χ0) is 36.0. The number of fused-ring (bicyclic) bond motifs is 3. The van der Waals surface area contributed by atoms with Crippen molar-refractivity contribution in [3.05, 3.63) is 130 Å². The van der Waals surface area contributed by atoms with Gasteiger partial charge in [0.05, 0.1) is 5.69 Å². The topological polar surface area (TPSA) is 44.9 Å². The summed E-state index contributed by atoms with van der Waals surface area (Å²) in [6, 6.07) is 33.1. The van der Waals surface area contributed by atoms with Gasteiger partial charge in [0.25, 0.3) is 0 Å². The molecule has 268 valence electrons. The van der Waals surface area contributed by atoms with Gasteiger partial charge in [0.15, 0.2) is 0 Å². The number of pyridine rings is 1. The molecule has 0 unspecified atom stereocenters. The summed E-state index contributed by atoms with van der Waals surface area (Å²) in [5.74, 6) is 2.82. The van der Waals surface area contributed by atoms with Gasteiger partial charge in [-0.15, -0.1) is 41.3 Å². The molecule has 0 N–H and O–H groups in total. The van der Waals surface area contributed by atoms with Gasteiger partial charge < -0.3 is 9.30 Å². The molecule has 0 aliphatic heterocycles. The molecule has 0 spiro atoms. The molecule has 4 aromatic carbocycles. The molecule has 0 saturated heterocycles. The zero-order valence-corrected chi connectivity index (χ0v) is 34.1. The van der Waals surface area contributed by atoms with Crippen LogP contribution in [0.25, 0.3) is 44.4 Å². The molecule has 0 saturated carbocycles. The third-order valence-corrected chi connectivity index (χ3v) is 10.0. The maximum atomic E-state index is 6.70. The van der Waals surface area contributed by atoms with Crippen LogP contribution in [-0.4, -0.2) is 19.3 Å². The quantitative estimate of drug-likeness (QED) is 0.129. The van der Waals surface area contributed by atoms with E-state index in [4.69, 9.17) is 14.8 Å². The Morgan fingerprint density at radius 3 is 2.19 bits per heavy atom. The fraction of sp³-hybridized carbons (Fsp3) is 0.304. The molecule has 0 atom stereocenters. The first-order valence-electron chi connectivity index (χ1n) is 18.4. The fourth-order valence-corrected chi connectivity index (χ4v) is 7.51.